The number of hydrogen-bond acceptors (Lipinski definition) is 4. The normalized spacial score (nSPS) is 22.3. The van der Waals surface area contributed by atoms with Gasteiger partial charge in [-0.2, -0.15) is 18.4 Å². The van der Waals surface area contributed by atoms with Crippen LogP contribution in [0.1, 0.15) is 24.5 Å². The molecule has 0 spiro atoms. The Hall–Kier alpha value is -3.25. The van der Waals surface area contributed by atoms with Gasteiger partial charge in [-0.3, -0.25) is 0 Å². The molecule has 0 bridgehead atoms. The van der Waals surface area contributed by atoms with Gasteiger partial charge in [-0.1, -0.05) is 18.2 Å². The number of hydrogen-bond donors (Lipinski definition) is 1. The van der Waals surface area contributed by atoms with E-state index in [-0.39, 0.29) is 22.9 Å². The first-order valence-electron chi connectivity index (χ1n) is 11.3. The van der Waals surface area contributed by atoms with Crippen LogP contribution < -0.4 is 10.2 Å². The zero-order chi connectivity index (χ0) is 24.3. The maximum atomic E-state index is 13.5. The average Bonchev–Trinajstić information content (AvgIpc) is 3.21. The summed E-state index contributed by atoms with van der Waals surface area (Å²) in [5.41, 5.74) is -0.433. The summed E-state index contributed by atoms with van der Waals surface area (Å²) in [6.07, 6.45) is -3.92. The Bertz CT molecular complexity index is 1070. The Balaban J connectivity index is 1.55. The highest BCUT2D eigenvalue weighted by Crippen LogP contribution is 2.45. The van der Waals surface area contributed by atoms with Gasteiger partial charge in [0.25, 0.3) is 0 Å². The molecule has 0 radical (unpaired) electrons. The second-order valence-corrected chi connectivity index (χ2v) is 8.91. The number of carbonyl (C=O) groups excluding carboxylic acids is 1. The van der Waals surface area contributed by atoms with E-state index in [2.05, 4.69) is 5.32 Å². The van der Waals surface area contributed by atoms with Crippen molar-refractivity contribution >= 4 is 17.4 Å². The molecular weight excluding hydrogens is 445 g/mol. The number of amides is 2. The molecule has 2 atom stereocenters. The number of rotatable bonds is 5. The highest BCUT2D eigenvalue weighted by molar-refractivity contribution is 5.89. The van der Waals surface area contributed by atoms with Gasteiger partial charge in [0.1, 0.15) is 0 Å². The van der Waals surface area contributed by atoms with Gasteiger partial charge in [-0.25, -0.2) is 4.79 Å². The second-order valence-electron chi connectivity index (χ2n) is 8.91. The lowest BCUT2D eigenvalue weighted by molar-refractivity contribution is -0.137. The number of likely N-dealkylation sites (tertiary alicyclic amines) is 1. The van der Waals surface area contributed by atoms with Crippen molar-refractivity contribution < 1.29 is 22.7 Å². The number of alkyl halides is 3. The van der Waals surface area contributed by atoms with E-state index in [1.54, 1.807) is 17.0 Å². The van der Waals surface area contributed by atoms with E-state index in [0.717, 1.165) is 6.07 Å². The lowest BCUT2D eigenvalue weighted by Gasteiger charge is -2.43. The largest absolute Gasteiger partial charge is 0.417 e. The lowest BCUT2D eigenvalue weighted by atomic mass is 9.73. The molecule has 2 saturated heterocycles. The quantitative estimate of drug-likeness (QED) is 0.667. The second kappa shape index (κ2) is 9.55. The molecule has 2 aromatic carbocycles. The molecule has 0 aliphatic carbocycles. The summed E-state index contributed by atoms with van der Waals surface area (Å²) in [5, 5.41) is 12.0. The van der Waals surface area contributed by atoms with Crippen LogP contribution in [0, 0.1) is 22.7 Å². The predicted molar refractivity (Wildman–Crippen MR) is 122 cm³/mol. The molecule has 9 heteroatoms. The fourth-order valence-corrected chi connectivity index (χ4v) is 4.99. The van der Waals surface area contributed by atoms with Crippen molar-refractivity contribution in [2.45, 2.75) is 19.5 Å². The molecule has 4 rings (SSSR count). The first-order valence-corrected chi connectivity index (χ1v) is 11.3. The lowest BCUT2D eigenvalue weighted by Crippen LogP contribution is -2.52. The SMILES string of the molecule is CCOC[C@@]12CCN(C(=O)Nc3ccccc3)C[C@@H]1CN(c1ccc(C#N)c(C(F)(F)F)c1)C2. The molecule has 1 N–H and O–H groups in total. The third-order valence-electron chi connectivity index (χ3n) is 6.83. The van der Waals surface area contributed by atoms with Crippen LogP contribution in [0.4, 0.5) is 29.3 Å². The maximum absolute atomic E-state index is 13.5. The van der Waals surface area contributed by atoms with E-state index < -0.39 is 11.7 Å². The van der Waals surface area contributed by atoms with Crippen LogP contribution in [0.15, 0.2) is 48.5 Å². The van der Waals surface area contributed by atoms with Crippen molar-refractivity contribution in [3.05, 3.63) is 59.7 Å². The number of ether oxygens (including phenoxy) is 1. The fraction of sp³-hybridized carbons (Fsp3) is 0.440. The zero-order valence-corrected chi connectivity index (χ0v) is 18.9. The van der Waals surface area contributed by atoms with Gasteiger partial charge in [-0.05, 0) is 43.7 Å². The molecule has 34 heavy (non-hydrogen) atoms. The van der Waals surface area contributed by atoms with E-state index in [1.165, 1.54) is 6.07 Å². The zero-order valence-electron chi connectivity index (χ0n) is 18.9. The summed E-state index contributed by atoms with van der Waals surface area (Å²) < 4.78 is 46.4. The topological polar surface area (TPSA) is 68.6 Å². The Morgan fingerprint density at radius 2 is 2.00 bits per heavy atom. The van der Waals surface area contributed by atoms with Gasteiger partial charge in [-0.15, -0.1) is 0 Å². The van der Waals surface area contributed by atoms with Crippen LogP contribution in [0.2, 0.25) is 0 Å². The third kappa shape index (κ3) is 4.82. The number of nitrogens with zero attached hydrogens (tertiary/aromatic N) is 3. The van der Waals surface area contributed by atoms with Crippen molar-refractivity contribution in [1.29, 1.82) is 5.26 Å². The summed E-state index contributed by atoms with van der Waals surface area (Å²) >= 11 is 0. The molecule has 2 aromatic rings. The van der Waals surface area contributed by atoms with Gasteiger partial charge in [0.2, 0.25) is 0 Å². The fourth-order valence-electron chi connectivity index (χ4n) is 4.99. The summed E-state index contributed by atoms with van der Waals surface area (Å²) in [5.74, 6) is 0.0410. The summed E-state index contributed by atoms with van der Waals surface area (Å²) in [6, 6.07) is 14.5. The number of piperidine rings is 1. The number of nitriles is 1. The standard InChI is InChI=1S/C25H27F3N4O2/c1-2-34-17-24-10-11-31(23(33)30-20-6-4-3-5-7-20)14-19(24)15-32(16-24)21-9-8-18(13-29)22(12-21)25(26,27)28/h3-9,12,19H,2,10-11,14-17H2,1H3,(H,30,33)/t19-,24+/m1/s1. The van der Waals surface area contributed by atoms with E-state index in [1.807, 2.05) is 42.2 Å². The van der Waals surface area contributed by atoms with Gasteiger partial charge >= 0.3 is 12.2 Å². The molecular formula is C25H27F3N4O2. The van der Waals surface area contributed by atoms with E-state index in [9.17, 15) is 18.0 Å². The van der Waals surface area contributed by atoms with Crippen LogP contribution in [-0.2, 0) is 10.9 Å². The van der Waals surface area contributed by atoms with E-state index in [0.29, 0.717) is 57.2 Å². The molecule has 2 fully saturated rings. The molecule has 2 aliphatic rings. The Kier molecular flexibility index (Phi) is 6.71. The highest BCUT2D eigenvalue weighted by atomic mass is 19.4. The third-order valence-corrected chi connectivity index (χ3v) is 6.83. The predicted octanol–water partition coefficient (Wildman–Crippen LogP) is 4.97. The molecule has 2 heterocycles. The number of fused-ring (bicyclic) bond motifs is 1. The molecule has 0 saturated carbocycles. The van der Waals surface area contributed by atoms with Crippen LogP contribution in [0.5, 0.6) is 0 Å². The number of carbonyl (C=O) groups is 1. The van der Waals surface area contributed by atoms with Crippen molar-refractivity contribution in [1.82, 2.24) is 4.90 Å². The Morgan fingerprint density at radius 1 is 1.24 bits per heavy atom. The number of benzene rings is 2. The Morgan fingerprint density at radius 3 is 2.68 bits per heavy atom. The smallest absolute Gasteiger partial charge is 0.381 e. The molecule has 0 unspecified atom stereocenters. The van der Waals surface area contributed by atoms with E-state index in [4.69, 9.17) is 10.00 Å². The minimum absolute atomic E-state index is 0.0410. The molecule has 180 valence electrons. The molecule has 0 aromatic heterocycles. The monoisotopic (exact) mass is 472 g/mol. The number of urea groups is 1. The summed E-state index contributed by atoms with van der Waals surface area (Å²) in [6.45, 7) is 5.02. The van der Waals surface area contributed by atoms with Crippen molar-refractivity contribution in [3.63, 3.8) is 0 Å². The van der Waals surface area contributed by atoms with Crippen LogP contribution >= 0.6 is 0 Å². The summed E-state index contributed by atoms with van der Waals surface area (Å²) in [4.78, 5) is 16.6. The van der Waals surface area contributed by atoms with Crippen molar-refractivity contribution in [2.24, 2.45) is 11.3 Å². The van der Waals surface area contributed by atoms with Gasteiger partial charge in [0.15, 0.2) is 0 Å². The maximum Gasteiger partial charge on any atom is 0.417 e. The van der Waals surface area contributed by atoms with Crippen LogP contribution in [-0.4, -0.2) is 50.3 Å². The first-order chi connectivity index (χ1) is 16.3. The first kappa shape index (κ1) is 23.9. The van der Waals surface area contributed by atoms with Gasteiger partial charge in [0.05, 0.1) is 23.8 Å². The Labute approximate surface area is 196 Å². The van der Waals surface area contributed by atoms with E-state index >= 15 is 0 Å². The number of anilines is 2. The highest BCUT2D eigenvalue weighted by Gasteiger charge is 2.50. The number of para-hydroxylation sites is 1. The molecule has 6 nitrogen and oxygen atoms in total. The number of halogens is 3. The minimum atomic E-state index is -4.61. The molecule has 2 amide bonds. The van der Waals surface area contributed by atoms with Gasteiger partial charge < -0.3 is 19.9 Å². The van der Waals surface area contributed by atoms with Gasteiger partial charge in [0, 0.05) is 55.5 Å². The van der Waals surface area contributed by atoms with Crippen molar-refractivity contribution in [3.8, 4) is 6.07 Å². The van der Waals surface area contributed by atoms with Crippen molar-refractivity contribution in [2.75, 3.05) is 49.6 Å². The van der Waals surface area contributed by atoms with Crippen LogP contribution in [0.25, 0.3) is 0 Å². The molecule has 2 aliphatic heterocycles. The average molecular weight is 473 g/mol. The van der Waals surface area contributed by atoms with Crippen LogP contribution in [0.3, 0.4) is 0 Å². The summed E-state index contributed by atoms with van der Waals surface area (Å²) in [7, 11) is 0. The number of nitrogens with one attached hydrogen (secondary N) is 1. The minimum Gasteiger partial charge on any atom is -0.381 e.